The molecule has 0 aromatic carbocycles. The lowest BCUT2D eigenvalue weighted by Gasteiger charge is -2.42. The van der Waals surface area contributed by atoms with Gasteiger partial charge in [0.05, 0.1) is 64.3 Å². The standard InChI is InChI=1S/C19H32O9/c1-12-15(26-10-8-24-6-4-22-2)17-16(27-11-9-25-7-5-23-3)13-14(18(20)28-17)19(12,13)21/h12-13,15-17,20-21H,4-11H2,1-3H3/t12?,13?,15?,16?,17-,19+/m0/s1. The average molecular weight is 404 g/mol. The predicted octanol–water partition coefficient (Wildman–Crippen LogP) is 0.262. The van der Waals surface area contributed by atoms with Gasteiger partial charge < -0.3 is 43.4 Å². The summed E-state index contributed by atoms with van der Waals surface area (Å²) < 4.78 is 38.4. The molecule has 162 valence electrons. The first-order valence-electron chi connectivity index (χ1n) is 9.76. The van der Waals surface area contributed by atoms with Gasteiger partial charge in [-0.15, -0.1) is 0 Å². The van der Waals surface area contributed by atoms with Crippen molar-refractivity contribution in [3.63, 3.8) is 0 Å². The molecule has 3 aliphatic rings. The largest absolute Gasteiger partial charge is 0.481 e. The molecule has 0 aromatic heterocycles. The Labute approximate surface area is 165 Å². The molecule has 0 amide bonds. The van der Waals surface area contributed by atoms with E-state index in [0.717, 1.165) is 0 Å². The quantitative estimate of drug-likeness (QED) is 0.395. The van der Waals surface area contributed by atoms with Crippen molar-refractivity contribution in [1.82, 2.24) is 0 Å². The van der Waals surface area contributed by atoms with Crippen molar-refractivity contribution in [2.75, 3.05) is 67.1 Å². The van der Waals surface area contributed by atoms with Crippen LogP contribution in [0.5, 0.6) is 0 Å². The molecule has 1 heterocycles. The van der Waals surface area contributed by atoms with Gasteiger partial charge in [-0.1, -0.05) is 6.92 Å². The van der Waals surface area contributed by atoms with Crippen LogP contribution in [0.3, 0.4) is 0 Å². The maximum atomic E-state index is 11.1. The molecule has 0 spiro atoms. The molecule has 2 saturated carbocycles. The fourth-order valence-electron chi connectivity index (χ4n) is 4.25. The second-order valence-corrected chi connectivity index (χ2v) is 7.27. The number of fused-ring (bicyclic) bond motifs is 2. The van der Waals surface area contributed by atoms with Gasteiger partial charge in [0.25, 0.3) is 5.95 Å². The van der Waals surface area contributed by atoms with Crippen LogP contribution in [-0.2, 0) is 33.2 Å². The van der Waals surface area contributed by atoms with Gasteiger partial charge in [0.1, 0.15) is 17.8 Å². The Morgan fingerprint density at radius 3 is 1.96 bits per heavy atom. The third kappa shape index (κ3) is 4.16. The first kappa shape index (κ1) is 21.8. The summed E-state index contributed by atoms with van der Waals surface area (Å²) in [5.41, 5.74) is -0.635. The zero-order valence-corrected chi connectivity index (χ0v) is 16.8. The zero-order valence-electron chi connectivity index (χ0n) is 16.8. The Bertz CT molecular complexity index is 539. The molecule has 1 aliphatic heterocycles. The first-order chi connectivity index (χ1) is 13.6. The van der Waals surface area contributed by atoms with Gasteiger partial charge in [0.15, 0.2) is 6.10 Å². The monoisotopic (exact) mass is 404 g/mol. The molecule has 2 N–H and O–H groups in total. The Kier molecular flexibility index (Phi) is 7.54. The van der Waals surface area contributed by atoms with Gasteiger partial charge >= 0.3 is 0 Å². The highest BCUT2D eigenvalue weighted by atomic mass is 16.6. The van der Waals surface area contributed by atoms with Crippen LogP contribution in [0.25, 0.3) is 0 Å². The number of aliphatic hydroxyl groups is 2. The molecule has 0 radical (unpaired) electrons. The third-order valence-electron chi connectivity index (χ3n) is 5.71. The van der Waals surface area contributed by atoms with Gasteiger partial charge in [-0.05, 0) is 0 Å². The fraction of sp³-hybridized carbons (Fsp3) is 0.895. The molecule has 2 aliphatic carbocycles. The van der Waals surface area contributed by atoms with Crippen molar-refractivity contribution in [2.24, 2.45) is 11.8 Å². The molecule has 4 unspecified atom stereocenters. The minimum absolute atomic E-state index is 0.192. The number of methoxy groups -OCH3 is 2. The van der Waals surface area contributed by atoms with Crippen LogP contribution in [0.1, 0.15) is 6.92 Å². The van der Waals surface area contributed by atoms with Crippen LogP contribution < -0.4 is 0 Å². The summed E-state index contributed by atoms with van der Waals surface area (Å²) in [6, 6.07) is 0. The second-order valence-electron chi connectivity index (χ2n) is 7.27. The molecular weight excluding hydrogens is 372 g/mol. The Hall–Kier alpha value is -0.940. The Balaban J connectivity index is 1.54. The summed E-state index contributed by atoms with van der Waals surface area (Å²) in [4.78, 5) is 0. The van der Waals surface area contributed by atoms with E-state index in [0.29, 0.717) is 58.4 Å². The molecule has 0 aromatic rings. The summed E-state index contributed by atoms with van der Waals surface area (Å²) in [6.07, 6.45) is -1.31. The molecule has 2 fully saturated rings. The van der Waals surface area contributed by atoms with Crippen molar-refractivity contribution in [1.29, 1.82) is 0 Å². The smallest absolute Gasteiger partial charge is 0.279 e. The van der Waals surface area contributed by atoms with E-state index in [9.17, 15) is 10.2 Å². The summed E-state index contributed by atoms with van der Waals surface area (Å²) in [6.45, 7) is 5.48. The predicted molar refractivity (Wildman–Crippen MR) is 97.0 cm³/mol. The van der Waals surface area contributed by atoms with E-state index in [1.54, 1.807) is 14.2 Å². The van der Waals surface area contributed by atoms with E-state index in [4.69, 9.17) is 33.2 Å². The van der Waals surface area contributed by atoms with Crippen molar-refractivity contribution < 1.29 is 43.4 Å². The van der Waals surface area contributed by atoms with E-state index in [-0.39, 0.29) is 17.8 Å². The van der Waals surface area contributed by atoms with Crippen LogP contribution in [0, 0.1) is 11.8 Å². The van der Waals surface area contributed by atoms with Crippen LogP contribution >= 0.6 is 0 Å². The Morgan fingerprint density at radius 1 is 0.857 bits per heavy atom. The van der Waals surface area contributed by atoms with Gasteiger partial charge in [-0.3, -0.25) is 0 Å². The van der Waals surface area contributed by atoms with Crippen LogP contribution in [-0.4, -0.2) is 101 Å². The lowest BCUT2D eigenvalue weighted by atomic mass is 9.81. The van der Waals surface area contributed by atoms with Crippen molar-refractivity contribution >= 4 is 0 Å². The fourth-order valence-corrected chi connectivity index (χ4v) is 4.25. The van der Waals surface area contributed by atoms with Crippen LogP contribution in [0.4, 0.5) is 0 Å². The van der Waals surface area contributed by atoms with E-state index in [2.05, 4.69) is 0 Å². The normalized spacial score (nSPS) is 35.8. The third-order valence-corrected chi connectivity index (χ3v) is 5.71. The van der Waals surface area contributed by atoms with E-state index < -0.39 is 23.9 Å². The van der Waals surface area contributed by atoms with Crippen molar-refractivity contribution in [3.05, 3.63) is 11.5 Å². The van der Waals surface area contributed by atoms with Gasteiger partial charge in [-0.2, -0.15) is 0 Å². The minimum atomic E-state index is -1.15. The SMILES string of the molecule is COCCOCCOC1C(C)[C@]2(O)C3=C(O)O[C@@H]1C(OCCOCCOC)C32. The van der Waals surface area contributed by atoms with Crippen LogP contribution in [0.2, 0.25) is 0 Å². The average Bonchev–Trinajstić information content (AvgIpc) is 3.34. The summed E-state index contributed by atoms with van der Waals surface area (Å²) in [5, 5.41) is 21.3. The highest BCUT2D eigenvalue weighted by molar-refractivity contribution is 5.49. The molecule has 9 nitrogen and oxygen atoms in total. The molecule has 6 atom stereocenters. The summed E-state index contributed by atoms with van der Waals surface area (Å²) >= 11 is 0. The Morgan fingerprint density at radius 2 is 1.39 bits per heavy atom. The molecule has 3 rings (SSSR count). The van der Waals surface area contributed by atoms with E-state index >= 15 is 0 Å². The summed E-state index contributed by atoms with van der Waals surface area (Å²) in [5.74, 6) is -0.681. The molecule has 0 saturated heterocycles. The maximum absolute atomic E-state index is 11.1. The maximum Gasteiger partial charge on any atom is 0.279 e. The number of hydrogen-bond acceptors (Lipinski definition) is 9. The molecular formula is C19H32O9. The lowest BCUT2D eigenvalue weighted by molar-refractivity contribution is -0.204. The highest BCUT2D eigenvalue weighted by Crippen LogP contribution is 2.66. The van der Waals surface area contributed by atoms with E-state index in [1.165, 1.54) is 0 Å². The minimum Gasteiger partial charge on any atom is -0.481 e. The van der Waals surface area contributed by atoms with Crippen LogP contribution in [0.15, 0.2) is 11.5 Å². The van der Waals surface area contributed by atoms with Gasteiger partial charge in [0, 0.05) is 20.1 Å². The second kappa shape index (κ2) is 9.71. The van der Waals surface area contributed by atoms with Crippen molar-refractivity contribution in [3.8, 4) is 0 Å². The zero-order chi connectivity index (χ0) is 20.1. The molecule has 28 heavy (non-hydrogen) atoms. The molecule has 2 bridgehead atoms. The molecule has 9 heteroatoms. The summed E-state index contributed by atoms with van der Waals surface area (Å²) in [7, 11) is 3.24. The first-order valence-corrected chi connectivity index (χ1v) is 9.76. The lowest BCUT2D eigenvalue weighted by Crippen LogP contribution is -2.56. The van der Waals surface area contributed by atoms with E-state index in [1.807, 2.05) is 6.92 Å². The highest BCUT2D eigenvalue weighted by Gasteiger charge is 2.77. The number of hydrogen-bond donors (Lipinski definition) is 2. The number of rotatable bonds is 14. The number of aliphatic hydroxyl groups excluding tert-OH is 1. The van der Waals surface area contributed by atoms with Gasteiger partial charge in [0.2, 0.25) is 0 Å². The van der Waals surface area contributed by atoms with Crippen molar-refractivity contribution in [2.45, 2.75) is 30.8 Å². The number of ether oxygens (including phenoxy) is 7. The van der Waals surface area contributed by atoms with Gasteiger partial charge in [-0.25, -0.2) is 0 Å². The topological polar surface area (TPSA) is 105 Å².